The summed E-state index contributed by atoms with van der Waals surface area (Å²) in [6.45, 7) is 18.5. The number of nitrogens with zero attached hydrogens (tertiary/aromatic N) is 1. The molecule has 0 saturated heterocycles. The zero-order valence-electron chi connectivity index (χ0n) is 25.1. The van der Waals surface area contributed by atoms with Gasteiger partial charge in [-0.3, -0.25) is 9.78 Å². The molecule has 1 heterocycles. The minimum atomic E-state index is -1.90. The van der Waals surface area contributed by atoms with Gasteiger partial charge in [0, 0.05) is 11.5 Å². The third kappa shape index (κ3) is 7.91. The van der Waals surface area contributed by atoms with E-state index in [1.165, 1.54) is 0 Å². The van der Waals surface area contributed by atoms with E-state index < -0.39 is 31.4 Å². The van der Waals surface area contributed by atoms with E-state index in [2.05, 4.69) is 39.2 Å². The molecule has 8 heteroatoms. The van der Waals surface area contributed by atoms with Crippen molar-refractivity contribution < 1.29 is 23.9 Å². The zero-order valence-corrected chi connectivity index (χ0v) is 26.1. The summed E-state index contributed by atoms with van der Waals surface area (Å²) in [5.74, 6) is -0.784. The molecule has 3 rings (SSSR count). The van der Waals surface area contributed by atoms with Crippen molar-refractivity contribution in [2.75, 3.05) is 0 Å². The molecule has 0 spiro atoms. The van der Waals surface area contributed by atoms with Crippen molar-refractivity contribution in [3.63, 3.8) is 0 Å². The summed E-state index contributed by atoms with van der Waals surface area (Å²) >= 11 is 0. The van der Waals surface area contributed by atoms with Crippen molar-refractivity contribution >= 4 is 37.4 Å². The molecule has 39 heavy (non-hydrogen) atoms. The Kier molecular flexibility index (Phi) is 9.02. The summed E-state index contributed by atoms with van der Waals surface area (Å²) < 4.78 is 11.9. The Morgan fingerprint density at radius 2 is 1.72 bits per heavy atom. The highest BCUT2D eigenvalue weighted by Gasteiger charge is 2.44. The molecule has 214 valence electrons. The fourth-order valence-electron chi connectivity index (χ4n) is 4.58. The van der Waals surface area contributed by atoms with Crippen LogP contribution in [0.5, 0.6) is 0 Å². The molecule has 2 aromatic rings. The summed E-state index contributed by atoms with van der Waals surface area (Å²) in [6.07, 6.45) is 5.99. The number of hydrogen-bond donors (Lipinski definition) is 2. The molecule has 1 fully saturated rings. The van der Waals surface area contributed by atoms with Gasteiger partial charge >= 0.3 is 12.1 Å². The largest absolute Gasteiger partial charge is 0.481 e. The average molecular weight is 555 g/mol. The maximum Gasteiger partial charge on any atom is 0.408 e. The number of carbonyl (C=O) groups excluding carboxylic acids is 1. The smallest absolute Gasteiger partial charge is 0.408 e. The van der Waals surface area contributed by atoms with Crippen LogP contribution in [0.4, 0.5) is 4.79 Å². The topological polar surface area (TPSA) is 97.8 Å². The first-order valence-electron chi connectivity index (χ1n) is 13.9. The van der Waals surface area contributed by atoms with Gasteiger partial charge in [0.1, 0.15) is 5.60 Å². The quantitative estimate of drug-likeness (QED) is 0.338. The van der Waals surface area contributed by atoms with Gasteiger partial charge in [0.25, 0.3) is 0 Å². The van der Waals surface area contributed by atoms with Crippen LogP contribution in [0.1, 0.15) is 91.4 Å². The van der Waals surface area contributed by atoms with E-state index in [4.69, 9.17) is 14.1 Å². The van der Waals surface area contributed by atoms with E-state index in [0.29, 0.717) is 12.8 Å². The van der Waals surface area contributed by atoms with Crippen LogP contribution in [0.25, 0.3) is 17.0 Å². The standard InChI is InChI=1S/C31H46N2O5Si/c1-21(32-28(36)37-29(2,3)4)25-13-12-23-11-10-22(20-26(23)33-25)14-17-31(27(34)35)18-15-24(16-19-31)38-39(8,9)30(5,6)7/h10-14,17,20-21,24H,15-16,18-19H2,1-9H3,(H,32,36)(H,34,35)/b17-14+/t21-,24?,31?/m1/s1. The molecule has 0 unspecified atom stereocenters. The van der Waals surface area contributed by atoms with E-state index in [9.17, 15) is 14.7 Å². The van der Waals surface area contributed by atoms with E-state index in [-0.39, 0.29) is 17.2 Å². The number of benzene rings is 1. The number of carboxylic acids is 1. The van der Waals surface area contributed by atoms with Crippen molar-refractivity contribution in [1.82, 2.24) is 10.3 Å². The minimum absolute atomic E-state index is 0.117. The lowest BCUT2D eigenvalue weighted by molar-refractivity contribution is -0.148. The highest BCUT2D eigenvalue weighted by Crippen LogP contribution is 2.43. The van der Waals surface area contributed by atoms with Crippen molar-refractivity contribution in [1.29, 1.82) is 0 Å². The number of ether oxygens (including phenoxy) is 1. The first-order valence-corrected chi connectivity index (χ1v) is 16.8. The molecule has 0 aliphatic heterocycles. The van der Waals surface area contributed by atoms with Gasteiger partial charge in [-0.2, -0.15) is 0 Å². The Labute approximate surface area is 234 Å². The lowest BCUT2D eigenvalue weighted by atomic mass is 9.73. The van der Waals surface area contributed by atoms with Gasteiger partial charge in [-0.1, -0.05) is 51.1 Å². The third-order valence-electron chi connectivity index (χ3n) is 8.03. The SMILES string of the molecule is C[C@@H](NC(=O)OC(C)(C)C)c1ccc2ccc(/C=C/C3(C(=O)O)CCC(O[Si](C)(C)C(C)(C)C)CC3)cc2n1. The molecule has 7 nitrogen and oxygen atoms in total. The first-order chi connectivity index (χ1) is 17.9. The van der Waals surface area contributed by atoms with Crippen molar-refractivity contribution in [3.8, 4) is 0 Å². The Balaban J connectivity index is 1.74. The number of carboxylic acid groups (broad SMARTS) is 1. The van der Waals surface area contributed by atoms with Crippen LogP contribution in [-0.2, 0) is 14.0 Å². The van der Waals surface area contributed by atoms with Crippen LogP contribution >= 0.6 is 0 Å². The Bertz CT molecular complexity index is 1220. The van der Waals surface area contributed by atoms with Crippen LogP contribution in [0.2, 0.25) is 18.1 Å². The van der Waals surface area contributed by atoms with Crippen LogP contribution in [0.3, 0.4) is 0 Å². The molecule has 1 aromatic carbocycles. The number of carbonyl (C=O) groups is 2. The van der Waals surface area contributed by atoms with Crippen molar-refractivity contribution in [2.45, 2.75) is 110 Å². The predicted molar refractivity (Wildman–Crippen MR) is 159 cm³/mol. The van der Waals surface area contributed by atoms with E-state index in [1.807, 2.05) is 70.2 Å². The van der Waals surface area contributed by atoms with Crippen LogP contribution in [0, 0.1) is 5.41 Å². The lowest BCUT2D eigenvalue weighted by Gasteiger charge is -2.42. The molecule has 0 bridgehead atoms. The first kappa shape index (κ1) is 30.8. The third-order valence-corrected chi connectivity index (χ3v) is 12.6. The summed E-state index contributed by atoms with van der Waals surface area (Å²) in [4.78, 5) is 29.4. The highest BCUT2D eigenvalue weighted by atomic mass is 28.4. The maximum absolute atomic E-state index is 12.4. The second-order valence-corrected chi connectivity index (χ2v) is 18.2. The monoisotopic (exact) mass is 554 g/mol. The fraction of sp³-hybridized carbons (Fsp3) is 0.581. The number of amides is 1. The van der Waals surface area contributed by atoms with Crippen LogP contribution < -0.4 is 5.32 Å². The number of nitrogens with one attached hydrogen (secondary N) is 1. The summed E-state index contributed by atoms with van der Waals surface area (Å²) in [7, 11) is -1.90. The molecule has 1 amide bonds. The highest BCUT2D eigenvalue weighted by molar-refractivity contribution is 6.74. The molecule has 1 aromatic heterocycles. The number of hydrogen-bond acceptors (Lipinski definition) is 5. The Morgan fingerprint density at radius 3 is 2.28 bits per heavy atom. The molecule has 1 atom stereocenters. The molecular weight excluding hydrogens is 508 g/mol. The van der Waals surface area contributed by atoms with Gasteiger partial charge in [-0.05, 0) is 89.2 Å². The lowest BCUT2D eigenvalue weighted by Crippen LogP contribution is -2.46. The number of aromatic nitrogens is 1. The van der Waals surface area contributed by atoms with Gasteiger partial charge in [0.05, 0.1) is 22.7 Å². The van der Waals surface area contributed by atoms with E-state index in [0.717, 1.165) is 35.0 Å². The Morgan fingerprint density at radius 1 is 1.10 bits per heavy atom. The predicted octanol–water partition coefficient (Wildman–Crippen LogP) is 7.87. The van der Waals surface area contributed by atoms with E-state index >= 15 is 0 Å². The fourth-order valence-corrected chi connectivity index (χ4v) is 6.00. The zero-order chi connectivity index (χ0) is 29.2. The molecular formula is C31H46N2O5Si. The van der Waals surface area contributed by atoms with Crippen LogP contribution in [-0.4, -0.2) is 42.2 Å². The molecule has 1 aliphatic rings. The van der Waals surface area contributed by atoms with Crippen molar-refractivity contribution in [3.05, 3.63) is 47.7 Å². The van der Waals surface area contributed by atoms with Gasteiger partial charge in [0.15, 0.2) is 8.32 Å². The van der Waals surface area contributed by atoms with Crippen LogP contribution in [0.15, 0.2) is 36.4 Å². The van der Waals surface area contributed by atoms with Crippen molar-refractivity contribution in [2.24, 2.45) is 5.41 Å². The second kappa shape index (κ2) is 11.4. The number of rotatable bonds is 7. The number of pyridine rings is 1. The molecule has 0 radical (unpaired) electrons. The maximum atomic E-state index is 12.4. The van der Waals surface area contributed by atoms with E-state index in [1.54, 1.807) is 0 Å². The normalized spacial score (nSPS) is 21.6. The number of aliphatic carboxylic acids is 1. The second-order valence-electron chi connectivity index (χ2n) is 13.4. The minimum Gasteiger partial charge on any atom is -0.481 e. The number of alkyl carbamates (subject to hydrolysis) is 1. The summed E-state index contributed by atoms with van der Waals surface area (Å²) in [6, 6.07) is 9.45. The van der Waals surface area contributed by atoms with Gasteiger partial charge in [0.2, 0.25) is 0 Å². The van der Waals surface area contributed by atoms with Gasteiger partial charge < -0.3 is 19.6 Å². The summed E-state index contributed by atoms with van der Waals surface area (Å²) in [5, 5.41) is 14.1. The molecule has 2 N–H and O–H groups in total. The number of fused-ring (bicyclic) bond motifs is 1. The molecule has 1 aliphatic carbocycles. The van der Waals surface area contributed by atoms with Gasteiger partial charge in [-0.25, -0.2) is 4.79 Å². The summed E-state index contributed by atoms with van der Waals surface area (Å²) in [5.41, 5.74) is 0.912. The Hall–Kier alpha value is -2.71. The average Bonchev–Trinajstić information content (AvgIpc) is 2.81. The van der Waals surface area contributed by atoms with Gasteiger partial charge in [-0.15, -0.1) is 0 Å². The molecule has 1 saturated carbocycles.